The molecular weight excluding hydrogens is 202 g/mol. The van der Waals surface area contributed by atoms with Crippen molar-refractivity contribution in [2.24, 2.45) is 17.3 Å². The Morgan fingerprint density at radius 2 is 2.25 bits per heavy atom. The van der Waals surface area contributed by atoms with Gasteiger partial charge >= 0.3 is 0 Å². The van der Waals surface area contributed by atoms with Crippen LogP contribution in [0.2, 0.25) is 0 Å². The lowest BCUT2D eigenvalue weighted by atomic mass is 9.74. The molecule has 16 heavy (non-hydrogen) atoms. The van der Waals surface area contributed by atoms with Crippen LogP contribution in [0.4, 0.5) is 0 Å². The van der Waals surface area contributed by atoms with Gasteiger partial charge in [0.05, 0.1) is 5.41 Å². The largest absolute Gasteiger partial charge is 0.282 e. The van der Waals surface area contributed by atoms with Crippen LogP contribution in [0.1, 0.15) is 32.6 Å². The average Bonchev–Trinajstić information content (AvgIpc) is 2.89. The molecule has 0 aromatic heterocycles. The van der Waals surface area contributed by atoms with Crippen LogP contribution in [-0.2, 0) is 9.59 Å². The Labute approximate surface area is 95.5 Å². The second kappa shape index (κ2) is 3.19. The van der Waals surface area contributed by atoms with Crippen LogP contribution < -0.4 is 0 Å². The first kappa shape index (κ1) is 10.1. The van der Waals surface area contributed by atoms with E-state index in [-0.39, 0.29) is 17.2 Å². The molecule has 0 radical (unpaired) electrons. The van der Waals surface area contributed by atoms with E-state index in [1.807, 2.05) is 6.92 Å². The van der Waals surface area contributed by atoms with Crippen molar-refractivity contribution in [1.29, 1.82) is 0 Å². The van der Waals surface area contributed by atoms with E-state index in [0.29, 0.717) is 24.8 Å². The molecule has 1 saturated carbocycles. The fourth-order valence-corrected chi connectivity index (χ4v) is 3.68. The Hall–Kier alpha value is -1.12. The number of imide groups is 1. The first-order valence-corrected chi connectivity index (χ1v) is 6.20. The van der Waals surface area contributed by atoms with Gasteiger partial charge in [0.15, 0.2) is 0 Å². The monoisotopic (exact) mass is 219 g/mol. The van der Waals surface area contributed by atoms with Crippen molar-refractivity contribution < 1.29 is 9.59 Å². The molecule has 3 heteroatoms. The van der Waals surface area contributed by atoms with Crippen LogP contribution in [-0.4, -0.2) is 23.3 Å². The summed E-state index contributed by atoms with van der Waals surface area (Å²) in [7, 11) is 0. The van der Waals surface area contributed by atoms with E-state index in [9.17, 15) is 9.59 Å². The maximum atomic E-state index is 12.4. The topological polar surface area (TPSA) is 37.4 Å². The second-order valence-corrected chi connectivity index (χ2v) is 5.37. The van der Waals surface area contributed by atoms with Gasteiger partial charge in [-0.15, -0.1) is 0 Å². The molecule has 0 aromatic rings. The fourth-order valence-electron chi connectivity index (χ4n) is 3.68. The van der Waals surface area contributed by atoms with Crippen molar-refractivity contribution in [3.8, 4) is 0 Å². The van der Waals surface area contributed by atoms with E-state index in [0.717, 1.165) is 19.3 Å². The van der Waals surface area contributed by atoms with Crippen molar-refractivity contribution in [2.45, 2.75) is 32.6 Å². The van der Waals surface area contributed by atoms with Gasteiger partial charge in [0.25, 0.3) is 0 Å². The lowest BCUT2D eigenvalue weighted by Gasteiger charge is -2.28. The molecule has 3 rings (SSSR count). The van der Waals surface area contributed by atoms with Gasteiger partial charge in [-0.3, -0.25) is 14.5 Å². The number of hydrogen-bond acceptors (Lipinski definition) is 2. The first-order chi connectivity index (χ1) is 7.67. The Bertz CT molecular complexity index is 387. The lowest BCUT2D eigenvalue weighted by Crippen LogP contribution is -2.38. The second-order valence-electron chi connectivity index (χ2n) is 5.37. The highest BCUT2D eigenvalue weighted by Gasteiger charge is 2.60. The number of carbonyl (C=O) groups is 2. The highest BCUT2D eigenvalue weighted by molar-refractivity contribution is 6.06. The minimum absolute atomic E-state index is 0.0489. The van der Waals surface area contributed by atoms with E-state index in [4.69, 9.17) is 0 Å². The third kappa shape index (κ3) is 1.09. The summed E-state index contributed by atoms with van der Waals surface area (Å²) in [5.41, 5.74) is -0.342. The molecule has 2 aliphatic carbocycles. The molecule has 1 aliphatic heterocycles. The lowest BCUT2D eigenvalue weighted by molar-refractivity contribution is -0.142. The number of likely N-dealkylation sites (tertiary alicyclic amines) is 1. The highest BCUT2D eigenvalue weighted by atomic mass is 16.2. The number of amides is 2. The van der Waals surface area contributed by atoms with Crippen molar-refractivity contribution >= 4 is 11.8 Å². The standard InChI is InChI=1S/C13H17NO2/c1-2-5-14-11(15)8-13(12(14)16)7-9-3-4-10(13)6-9/h3-4,9-10H,2,5-8H2,1H3. The summed E-state index contributed by atoms with van der Waals surface area (Å²) in [5, 5.41) is 0. The zero-order valence-electron chi connectivity index (χ0n) is 9.61. The van der Waals surface area contributed by atoms with Crippen LogP contribution in [0.3, 0.4) is 0 Å². The Morgan fingerprint density at radius 1 is 1.44 bits per heavy atom. The smallest absolute Gasteiger partial charge is 0.236 e. The molecule has 3 aliphatic rings. The van der Waals surface area contributed by atoms with Gasteiger partial charge in [-0.25, -0.2) is 0 Å². The molecule has 0 aromatic carbocycles. The summed E-state index contributed by atoms with van der Waals surface area (Å²) < 4.78 is 0. The Balaban J connectivity index is 1.91. The van der Waals surface area contributed by atoms with E-state index in [1.54, 1.807) is 0 Å². The normalized spacial score (nSPS) is 40.7. The number of carbonyl (C=O) groups excluding carboxylic acids is 2. The molecule has 86 valence electrons. The third-order valence-electron chi connectivity index (χ3n) is 4.39. The number of nitrogens with zero attached hydrogens (tertiary/aromatic N) is 1. The predicted molar refractivity (Wildman–Crippen MR) is 59.4 cm³/mol. The van der Waals surface area contributed by atoms with Gasteiger partial charge in [0.1, 0.15) is 0 Å². The summed E-state index contributed by atoms with van der Waals surface area (Å²) >= 11 is 0. The van der Waals surface area contributed by atoms with Gasteiger partial charge in [-0.05, 0) is 31.1 Å². The van der Waals surface area contributed by atoms with Crippen LogP contribution >= 0.6 is 0 Å². The van der Waals surface area contributed by atoms with Gasteiger partial charge in [-0.1, -0.05) is 19.1 Å². The first-order valence-electron chi connectivity index (χ1n) is 6.20. The summed E-state index contributed by atoms with van der Waals surface area (Å²) in [6.07, 6.45) is 7.68. The minimum Gasteiger partial charge on any atom is -0.282 e. The van der Waals surface area contributed by atoms with Gasteiger partial charge in [-0.2, -0.15) is 0 Å². The van der Waals surface area contributed by atoms with E-state index in [2.05, 4.69) is 12.2 Å². The minimum atomic E-state index is -0.342. The maximum absolute atomic E-state index is 12.4. The maximum Gasteiger partial charge on any atom is 0.236 e. The van der Waals surface area contributed by atoms with E-state index < -0.39 is 0 Å². The van der Waals surface area contributed by atoms with Gasteiger partial charge in [0.2, 0.25) is 11.8 Å². The van der Waals surface area contributed by atoms with Gasteiger partial charge in [0, 0.05) is 13.0 Å². The van der Waals surface area contributed by atoms with Crippen molar-refractivity contribution in [2.75, 3.05) is 6.54 Å². The molecule has 3 unspecified atom stereocenters. The highest BCUT2D eigenvalue weighted by Crippen LogP contribution is 2.57. The SMILES string of the molecule is CCCN1C(=O)CC2(CC3C=CC2C3)C1=O. The molecular formula is C13H17NO2. The van der Waals surface area contributed by atoms with Gasteiger partial charge < -0.3 is 0 Å². The molecule has 2 amide bonds. The molecule has 0 N–H and O–H groups in total. The molecule has 2 bridgehead atoms. The Kier molecular flexibility index (Phi) is 2.00. The molecule has 1 saturated heterocycles. The van der Waals surface area contributed by atoms with Crippen molar-refractivity contribution in [3.63, 3.8) is 0 Å². The van der Waals surface area contributed by atoms with Crippen LogP contribution in [0.25, 0.3) is 0 Å². The average molecular weight is 219 g/mol. The molecule has 2 fully saturated rings. The number of hydrogen-bond donors (Lipinski definition) is 0. The quantitative estimate of drug-likeness (QED) is 0.524. The molecule has 1 spiro atoms. The summed E-state index contributed by atoms with van der Waals surface area (Å²) in [6.45, 7) is 2.60. The van der Waals surface area contributed by atoms with Crippen LogP contribution in [0, 0.1) is 17.3 Å². The van der Waals surface area contributed by atoms with Crippen LogP contribution in [0.5, 0.6) is 0 Å². The van der Waals surface area contributed by atoms with Crippen LogP contribution in [0.15, 0.2) is 12.2 Å². The zero-order chi connectivity index (χ0) is 11.3. The number of fused-ring (bicyclic) bond motifs is 3. The zero-order valence-corrected chi connectivity index (χ0v) is 9.61. The van der Waals surface area contributed by atoms with Crippen molar-refractivity contribution in [1.82, 2.24) is 4.90 Å². The molecule has 3 atom stereocenters. The van der Waals surface area contributed by atoms with Crippen molar-refractivity contribution in [3.05, 3.63) is 12.2 Å². The fraction of sp³-hybridized carbons (Fsp3) is 0.692. The number of allylic oxidation sites excluding steroid dienone is 2. The van der Waals surface area contributed by atoms with E-state index >= 15 is 0 Å². The Morgan fingerprint density at radius 3 is 2.81 bits per heavy atom. The summed E-state index contributed by atoms with van der Waals surface area (Å²) in [5.74, 6) is 1.03. The molecule has 3 nitrogen and oxygen atoms in total. The predicted octanol–water partition coefficient (Wildman–Crippen LogP) is 1.74. The molecule has 1 heterocycles. The number of rotatable bonds is 2. The summed E-state index contributed by atoms with van der Waals surface area (Å²) in [6, 6.07) is 0. The summed E-state index contributed by atoms with van der Waals surface area (Å²) in [4.78, 5) is 25.8. The third-order valence-corrected chi connectivity index (χ3v) is 4.39. The van der Waals surface area contributed by atoms with E-state index in [1.165, 1.54) is 4.90 Å².